The molecule has 0 aliphatic carbocycles. The molecule has 0 bridgehead atoms. The Hall–Kier alpha value is -1.02. The lowest BCUT2D eigenvalue weighted by Gasteiger charge is -2.06. The second-order valence-corrected chi connectivity index (χ2v) is 4.83. The molecular formula is C8H8Cl2N6S. The van der Waals surface area contributed by atoms with Crippen LogP contribution in [0.15, 0.2) is 16.2 Å². The quantitative estimate of drug-likeness (QED) is 0.593. The smallest absolute Gasteiger partial charge is 0.214 e. The van der Waals surface area contributed by atoms with Gasteiger partial charge in [0.2, 0.25) is 5.16 Å². The first-order chi connectivity index (χ1) is 8.10. The third-order valence-electron chi connectivity index (χ3n) is 1.80. The molecule has 2 aromatic rings. The minimum atomic E-state index is 0.353. The van der Waals surface area contributed by atoms with Gasteiger partial charge in [0.15, 0.2) is 5.82 Å². The number of halogens is 2. The highest BCUT2D eigenvalue weighted by atomic mass is 35.5. The van der Waals surface area contributed by atoms with Gasteiger partial charge in [0.05, 0.1) is 10.0 Å². The summed E-state index contributed by atoms with van der Waals surface area (Å²) in [4.78, 5) is 8.30. The van der Waals surface area contributed by atoms with Gasteiger partial charge >= 0.3 is 0 Å². The number of H-pyrrole nitrogens is 1. The third-order valence-corrected chi connectivity index (χ3v) is 3.36. The topological polar surface area (TPSA) is 92.5 Å². The fraction of sp³-hybridized carbons (Fsp3) is 0.125. The number of aryl methyl sites for hydroxylation is 1. The number of rotatable bonds is 3. The Morgan fingerprint density at radius 2 is 2.12 bits per heavy atom. The molecule has 0 unspecified atom stereocenters. The summed E-state index contributed by atoms with van der Waals surface area (Å²) in [5.74, 6) is 6.35. The fourth-order valence-corrected chi connectivity index (χ4v) is 2.35. The van der Waals surface area contributed by atoms with E-state index in [-0.39, 0.29) is 0 Å². The monoisotopic (exact) mass is 290 g/mol. The Bertz CT molecular complexity index is 543. The van der Waals surface area contributed by atoms with E-state index in [1.165, 1.54) is 11.8 Å². The number of hydrogen-bond donors (Lipinski definition) is 3. The number of nitrogens with zero attached hydrogens (tertiary/aromatic N) is 3. The zero-order valence-electron chi connectivity index (χ0n) is 8.66. The third kappa shape index (κ3) is 2.81. The molecule has 0 aliphatic rings. The van der Waals surface area contributed by atoms with Crippen molar-refractivity contribution < 1.29 is 0 Å². The van der Waals surface area contributed by atoms with Gasteiger partial charge in [-0.15, -0.1) is 5.10 Å². The number of pyridine rings is 1. The molecule has 6 nitrogen and oxygen atoms in total. The van der Waals surface area contributed by atoms with Gasteiger partial charge < -0.3 is 5.43 Å². The highest BCUT2D eigenvalue weighted by molar-refractivity contribution is 7.99. The van der Waals surface area contributed by atoms with E-state index in [1.54, 1.807) is 13.0 Å². The number of anilines is 1. The molecule has 0 saturated heterocycles. The van der Waals surface area contributed by atoms with E-state index >= 15 is 0 Å². The maximum atomic E-state index is 6.01. The summed E-state index contributed by atoms with van der Waals surface area (Å²) in [6.45, 7) is 1.81. The van der Waals surface area contributed by atoms with Crippen molar-refractivity contribution in [1.29, 1.82) is 0 Å². The van der Waals surface area contributed by atoms with Crippen LogP contribution in [0.25, 0.3) is 0 Å². The Morgan fingerprint density at radius 1 is 1.35 bits per heavy atom. The molecule has 2 rings (SSSR count). The van der Waals surface area contributed by atoms with Gasteiger partial charge in [-0.05, 0) is 24.8 Å². The average molecular weight is 291 g/mol. The lowest BCUT2D eigenvalue weighted by atomic mass is 10.4. The first kappa shape index (κ1) is 12.4. The zero-order valence-corrected chi connectivity index (χ0v) is 11.0. The van der Waals surface area contributed by atoms with E-state index in [9.17, 15) is 0 Å². The molecule has 9 heteroatoms. The van der Waals surface area contributed by atoms with Gasteiger partial charge in [-0.25, -0.2) is 15.8 Å². The lowest BCUT2D eigenvalue weighted by molar-refractivity contribution is 0.964. The van der Waals surface area contributed by atoms with Gasteiger partial charge in [0, 0.05) is 0 Å². The van der Waals surface area contributed by atoms with Crippen LogP contribution in [0, 0.1) is 6.92 Å². The molecule has 0 aromatic carbocycles. The summed E-state index contributed by atoms with van der Waals surface area (Å²) in [7, 11) is 0. The predicted octanol–water partition coefficient (Wildman–Crippen LogP) is 2.25. The normalized spacial score (nSPS) is 10.6. The van der Waals surface area contributed by atoms with Crippen molar-refractivity contribution in [3.63, 3.8) is 0 Å². The molecule has 2 heterocycles. The zero-order chi connectivity index (χ0) is 12.4. The maximum Gasteiger partial charge on any atom is 0.214 e. The fourth-order valence-electron chi connectivity index (χ4n) is 1.08. The summed E-state index contributed by atoms with van der Waals surface area (Å²) >= 11 is 13.1. The number of nitrogens with one attached hydrogen (secondary N) is 2. The van der Waals surface area contributed by atoms with Crippen molar-refractivity contribution in [2.75, 3.05) is 5.43 Å². The summed E-state index contributed by atoms with van der Waals surface area (Å²) < 4.78 is 0. The number of hydrazine groups is 1. The molecule has 4 N–H and O–H groups in total. The molecule has 0 fully saturated rings. The average Bonchev–Trinajstić information content (AvgIpc) is 2.68. The highest BCUT2D eigenvalue weighted by Gasteiger charge is 2.12. The summed E-state index contributed by atoms with van der Waals surface area (Å²) in [6, 6.07) is 1.56. The predicted molar refractivity (Wildman–Crippen MR) is 67.3 cm³/mol. The molecule has 90 valence electrons. The first-order valence-corrected chi connectivity index (χ1v) is 6.07. The first-order valence-electron chi connectivity index (χ1n) is 4.49. The highest BCUT2D eigenvalue weighted by Crippen LogP contribution is 2.34. The van der Waals surface area contributed by atoms with E-state index < -0.39 is 0 Å². The van der Waals surface area contributed by atoms with E-state index in [2.05, 4.69) is 25.6 Å². The summed E-state index contributed by atoms with van der Waals surface area (Å²) in [5, 5.41) is 8.54. The van der Waals surface area contributed by atoms with Crippen LogP contribution in [-0.4, -0.2) is 20.2 Å². The van der Waals surface area contributed by atoms with Gasteiger partial charge in [0.25, 0.3) is 0 Å². The largest absolute Gasteiger partial charge is 0.307 e. The number of nitrogen functional groups attached to an aromatic ring is 1. The van der Waals surface area contributed by atoms with Gasteiger partial charge in [0.1, 0.15) is 10.9 Å². The Kier molecular flexibility index (Phi) is 3.72. The minimum Gasteiger partial charge on any atom is -0.307 e. The summed E-state index contributed by atoms with van der Waals surface area (Å²) in [5.41, 5.74) is 2.39. The molecule has 0 atom stereocenters. The van der Waals surface area contributed by atoms with E-state index in [1.807, 2.05) is 0 Å². The molecule has 2 aromatic heterocycles. The van der Waals surface area contributed by atoms with Crippen LogP contribution in [0.4, 0.5) is 5.82 Å². The van der Waals surface area contributed by atoms with Crippen LogP contribution in [0.2, 0.25) is 10.0 Å². The van der Waals surface area contributed by atoms with Crippen LogP contribution in [0.1, 0.15) is 5.82 Å². The molecule has 0 saturated carbocycles. The molecule has 0 spiro atoms. The van der Waals surface area contributed by atoms with E-state index in [4.69, 9.17) is 29.0 Å². The Morgan fingerprint density at radius 3 is 2.71 bits per heavy atom. The lowest BCUT2D eigenvalue weighted by Crippen LogP contribution is -2.09. The minimum absolute atomic E-state index is 0.353. The van der Waals surface area contributed by atoms with Gasteiger partial charge in [-0.2, -0.15) is 0 Å². The molecular weight excluding hydrogens is 283 g/mol. The Labute approximate surface area is 111 Å². The van der Waals surface area contributed by atoms with Crippen molar-refractivity contribution in [3.8, 4) is 0 Å². The second kappa shape index (κ2) is 5.09. The van der Waals surface area contributed by atoms with Crippen molar-refractivity contribution in [3.05, 3.63) is 21.9 Å². The van der Waals surface area contributed by atoms with Crippen molar-refractivity contribution in [1.82, 2.24) is 20.2 Å². The molecule has 0 amide bonds. The number of nitrogens with two attached hydrogens (primary N) is 1. The van der Waals surface area contributed by atoms with Gasteiger partial charge in [-0.1, -0.05) is 23.2 Å². The molecule has 0 radical (unpaired) electrons. The van der Waals surface area contributed by atoms with Crippen LogP contribution < -0.4 is 11.3 Å². The van der Waals surface area contributed by atoms with Crippen LogP contribution >= 0.6 is 35.0 Å². The summed E-state index contributed by atoms with van der Waals surface area (Å²) in [6.07, 6.45) is 0. The second-order valence-electron chi connectivity index (χ2n) is 3.06. The Balaban J connectivity index is 2.32. The standard InChI is InChI=1S/C8H8Cl2N6S/c1-3-12-8(16-15-3)17-7-5(10)2-4(9)6(13-7)14-11/h2H,11H2,1H3,(H,13,14)(H,12,15,16). The van der Waals surface area contributed by atoms with Crippen molar-refractivity contribution in [2.24, 2.45) is 5.84 Å². The van der Waals surface area contributed by atoms with E-state index in [0.717, 1.165) is 5.82 Å². The number of aromatic amines is 1. The van der Waals surface area contributed by atoms with Crippen molar-refractivity contribution in [2.45, 2.75) is 17.1 Å². The van der Waals surface area contributed by atoms with Gasteiger partial charge in [-0.3, -0.25) is 5.10 Å². The molecule has 0 aliphatic heterocycles. The van der Waals surface area contributed by atoms with Crippen LogP contribution in [0.3, 0.4) is 0 Å². The van der Waals surface area contributed by atoms with Crippen LogP contribution in [-0.2, 0) is 0 Å². The van der Waals surface area contributed by atoms with Crippen molar-refractivity contribution >= 4 is 40.8 Å². The number of aromatic nitrogens is 4. The molecule has 17 heavy (non-hydrogen) atoms. The number of hydrogen-bond acceptors (Lipinski definition) is 6. The van der Waals surface area contributed by atoms with Crippen LogP contribution in [0.5, 0.6) is 0 Å². The van der Waals surface area contributed by atoms with E-state index in [0.29, 0.717) is 26.0 Å². The SMILES string of the molecule is Cc1nc(Sc2nc(NN)c(Cl)cc2Cl)n[nH]1. The maximum absolute atomic E-state index is 6.01.